The fourth-order valence-electron chi connectivity index (χ4n) is 2.79. The highest BCUT2D eigenvalue weighted by Crippen LogP contribution is 2.37. The van der Waals surface area contributed by atoms with Crippen LogP contribution in [0.3, 0.4) is 0 Å². The quantitative estimate of drug-likeness (QED) is 0.491. The predicted molar refractivity (Wildman–Crippen MR) is 90.2 cm³/mol. The maximum atomic E-state index is 11.9. The van der Waals surface area contributed by atoms with Gasteiger partial charge in [0.1, 0.15) is 23.0 Å². The van der Waals surface area contributed by atoms with E-state index in [1.54, 1.807) is 12.1 Å². The molecule has 5 nitrogen and oxygen atoms in total. The van der Waals surface area contributed by atoms with Crippen LogP contribution >= 0.6 is 0 Å². The molecule has 5 heteroatoms. The van der Waals surface area contributed by atoms with Gasteiger partial charge in [-0.3, -0.25) is 0 Å². The van der Waals surface area contributed by atoms with E-state index in [1.807, 2.05) is 33.8 Å². The van der Waals surface area contributed by atoms with Gasteiger partial charge < -0.3 is 13.9 Å². The van der Waals surface area contributed by atoms with E-state index in [2.05, 4.69) is 0 Å². The Balaban J connectivity index is 1.85. The Morgan fingerprint density at radius 3 is 2.75 bits per heavy atom. The lowest BCUT2D eigenvalue weighted by Gasteiger charge is -2.30. The minimum absolute atomic E-state index is 0.300. The van der Waals surface area contributed by atoms with Gasteiger partial charge in [0, 0.05) is 30.0 Å². The first-order chi connectivity index (χ1) is 11.2. The molecule has 1 aromatic heterocycles. The number of hydrogen-bond acceptors (Lipinski definition) is 5. The van der Waals surface area contributed by atoms with Crippen LogP contribution in [0.4, 0.5) is 0 Å². The standard InChI is InChI=1S/C19H20O5/c1-11(2)7-18(21)24-19(3,4)16-9-13-8-12-5-6-17(20)23-14(12)10-15(13)22-16/h5-8,10,16H,9H2,1-4H3/t16-/m1/s1. The van der Waals surface area contributed by atoms with Crippen LogP contribution in [0.1, 0.15) is 33.3 Å². The van der Waals surface area contributed by atoms with E-state index in [-0.39, 0.29) is 12.1 Å². The highest BCUT2D eigenvalue weighted by atomic mass is 16.6. The number of carbonyl (C=O) groups is 1. The average molecular weight is 328 g/mol. The Hall–Kier alpha value is -2.56. The van der Waals surface area contributed by atoms with E-state index in [9.17, 15) is 9.59 Å². The van der Waals surface area contributed by atoms with Gasteiger partial charge in [0.25, 0.3) is 0 Å². The van der Waals surface area contributed by atoms with E-state index in [0.29, 0.717) is 17.8 Å². The first kappa shape index (κ1) is 16.3. The van der Waals surface area contributed by atoms with Crippen molar-refractivity contribution in [1.82, 2.24) is 0 Å². The number of benzene rings is 1. The Bertz CT molecular complexity index is 884. The predicted octanol–water partition coefficient (Wildman–Crippen LogP) is 3.38. The van der Waals surface area contributed by atoms with E-state index in [1.165, 1.54) is 12.1 Å². The summed E-state index contributed by atoms with van der Waals surface area (Å²) in [5.41, 5.74) is 1.20. The fourth-order valence-corrected chi connectivity index (χ4v) is 2.79. The summed E-state index contributed by atoms with van der Waals surface area (Å²) in [6, 6.07) is 6.80. The second kappa shape index (κ2) is 5.82. The fraction of sp³-hybridized carbons (Fsp3) is 0.368. The Kier molecular flexibility index (Phi) is 3.95. The van der Waals surface area contributed by atoms with Crippen LogP contribution in [0.2, 0.25) is 0 Å². The normalized spacial score (nSPS) is 16.4. The Morgan fingerprint density at radius 1 is 1.29 bits per heavy atom. The van der Waals surface area contributed by atoms with Crippen molar-refractivity contribution in [3.63, 3.8) is 0 Å². The summed E-state index contributed by atoms with van der Waals surface area (Å²) in [6.07, 6.45) is 1.79. The van der Waals surface area contributed by atoms with Crippen LogP contribution in [0.15, 0.2) is 45.1 Å². The number of esters is 1. The zero-order valence-electron chi connectivity index (χ0n) is 14.2. The number of ether oxygens (including phenoxy) is 2. The minimum Gasteiger partial charge on any atom is -0.485 e. The molecule has 0 radical (unpaired) electrons. The van der Waals surface area contributed by atoms with Gasteiger partial charge in [-0.15, -0.1) is 0 Å². The third-order valence-electron chi connectivity index (χ3n) is 4.02. The molecule has 0 saturated carbocycles. The van der Waals surface area contributed by atoms with Gasteiger partial charge in [-0.05, 0) is 45.4 Å². The third-order valence-corrected chi connectivity index (χ3v) is 4.02. The van der Waals surface area contributed by atoms with Crippen LogP contribution in [-0.2, 0) is 16.0 Å². The lowest BCUT2D eigenvalue weighted by Crippen LogP contribution is -2.43. The van der Waals surface area contributed by atoms with Gasteiger partial charge in [0.2, 0.25) is 0 Å². The molecule has 3 rings (SSSR count). The van der Waals surface area contributed by atoms with Crippen LogP contribution in [0, 0.1) is 0 Å². The second-order valence-corrected chi connectivity index (χ2v) is 6.81. The number of rotatable bonds is 3. The maximum absolute atomic E-state index is 11.9. The van der Waals surface area contributed by atoms with Gasteiger partial charge in [0.05, 0.1) is 0 Å². The van der Waals surface area contributed by atoms with E-state index < -0.39 is 11.2 Å². The van der Waals surface area contributed by atoms with Crippen molar-refractivity contribution in [2.75, 3.05) is 0 Å². The molecule has 0 unspecified atom stereocenters. The molecule has 2 heterocycles. The first-order valence-electron chi connectivity index (χ1n) is 7.86. The van der Waals surface area contributed by atoms with E-state index >= 15 is 0 Å². The van der Waals surface area contributed by atoms with Gasteiger partial charge in [-0.25, -0.2) is 9.59 Å². The molecule has 126 valence electrons. The molecule has 2 aromatic rings. The van der Waals surface area contributed by atoms with Crippen molar-refractivity contribution in [2.24, 2.45) is 0 Å². The molecule has 1 aromatic carbocycles. The van der Waals surface area contributed by atoms with Gasteiger partial charge in [-0.2, -0.15) is 0 Å². The zero-order chi connectivity index (χ0) is 17.5. The third kappa shape index (κ3) is 3.20. The lowest BCUT2D eigenvalue weighted by atomic mass is 9.96. The van der Waals surface area contributed by atoms with Crippen LogP contribution < -0.4 is 10.4 Å². The molecule has 0 amide bonds. The van der Waals surface area contributed by atoms with Crippen molar-refractivity contribution in [3.05, 3.63) is 51.9 Å². The Labute approximate surface area is 139 Å². The number of carbonyl (C=O) groups excluding carboxylic acids is 1. The summed E-state index contributed by atoms with van der Waals surface area (Å²) in [6.45, 7) is 7.35. The molecule has 0 saturated heterocycles. The largest absolute Gasteiger partial charge is 0.485 e. The molecule has 0 bridgehead atoms. The van der Waals surface area contributed by atoms with E-state index in [0.717, 1.165) is 16.5 Å². The molecule has 1 aliphatic heterocycles. The smallest absolute Gasteiger partial charge is 0.336 e. The van der Waals surface area contributed by atoms with Gasteiger partial charge >= 0.3 is 11.6 Å². The summed E-state index contributed by atoms with van der Waals surface area (Å²) in [7, 11) is 0. The molecule has 1 atom stereocenters. The summed E-state index contributed by atoms with van der Waals surface area (Å²) < 4.78 is 16.7. The van der Waals surface area contributed by atoms with Crippen molar-refractivity contribution >= 4 is 16.9 Å². The van der Waals surface area contributed by atoms with Gasteiger partial charge in [0.15, 0.2) is 0 Å². The molecule has 0 fully saturated rings. The van der Waals surface area contributed by atoms with Crippen molar-refractivity contribution < 1.29 is 18.7 Å². The topological polar surface area (TPSA) is 65.7 Å². The molecule has 1 aliphatic rings. The number of hydrogen-bond donors (Lipinski definition) is 0. The highest BCUT2D eigenvalue weighted by Gasteiger charge is 2.39. The van der Waals surface area contributed by atoms with Crippen molar-refractivity contribution in [2.45, 2.75) is 45.8 Å². The summed E-state index contributed by atoms with van der Waals surface area (Å²) in [4.78, 5) is 23.3. The number of fused-ring (bicyclic) bond motifs is 2. The lowest BCUT2D eigenvalue weighted by molar-refractivity contribution is -0.158. The monoisotopic (exact) mass is 328 g/mol. The molecular formula is C19H20O5. The summed E-state index contributed by atoms with van der Waals surface area (Å²) in [5, 5.41) is 0.844. The molecule has 0 spiro atoms. The molecule has 0 N–H and O–H groups in total. The number of allylic oxidation sites excluding steroid dienone is 1. The van der Waals surface area contributed by atoms with E-state index in [4.69, 9.17) is 13.9 Å². The van der Waals surface area contributed by atoms with Crippen LogP contribution in [0.5, 0.6) is 5.75 Å². The molecular weight excluding hydrogens is 308 g/mol. The van der Waals surface area contributed by atoms with Crippen molar-refractivity contribution in [1.29, 1.82) is 0 Å². The second-order valence-electron chi connectivity index (χ2n) is 6.81. The average Bonchev–Trinajstić information content (AvgIpc) is 2.86. The molecule has 24 heavy (non-hydrogen) atoms. The summed E-state index contributed by atoms with van der Waals surface area (Å²) >= 11 is 0. The minimum atomic E-state index is -0.783. The maximum Gasteiger partial charge on any atom is 0.336 e. The van der Waals surface area contributed by atoms with Gasteiger partial charge in [-0.1, -0.05) is 5.57 Å². The van der Waals surface area contributed by atoms with Crippen LogP contribution in [0.25, 0.3) is 11.0 Å². The first-order valence-corrected chi connectivity index (χ1v) is 7.86. The highest BCUT2D eigenvalue weighted by molar-refractivity contribution is 5.83. The van der Waals surface area contributed by atoms with Crippen molar-refractivity contribution in [3.8, 4) is 5.75 Å². The Morgan fingerprint density at radius 2 is 2.04 bits per heavy atom. The summed E-state index contributed by atoms with van der Waals surface area (Å²) in [5.74, 6) is 0.281. The van der Waals surface area contributed by atoms with Crippen LogP contribution in [-0.4, -0.2) is 17.7 Å². The molecule has 0 aliphatic carbocycles. The SMILES string of the molecule is CC(C)=CC(=O)OC(C)(C)[C@H]1Cc2cc3ccc(=O)oc3cc2O1. The zero-order valence-corrected chi connectivity index (χ0v) is 14.2.